The zero-order valence-electron chi connectivity index (χ0n) is 18.2. The predicted molar refractivity (Wildman–Crippen MR) is 125 cm³/mol. The Hall–Kier alpha value is -3.13. The number of hydrogen-bond acceptors (Lipinski definition) is 6. The molecule has 33 heavy (non-hydrogen) atoms. The van der Waals surface area contributed by atoms with Crippen LogP contribution in [-0.2, 0) is 9.59 Å². The van der Waals surface area contributed by atoms with Gasteiger partial charge >= 0.3 is 0 Å². The summed E-state index contributed by atoms with van der Waals surface area (Å²) >= 11 is 6.35. The number of likely N-dealkylation sites (tertiary alicyclic amines) is 1. The molecule has 8 nitrogen and oxygen atoms in total. The molecule has 5 rings (SSSR count). The first-order chi connectivity index (χ1) is 16.1. The maximum atomic E-state index is 13.1. The third-order valence-electron chi connectivity index (χ3n) is 6.04. The number of nitrogens with one attached hydrogen (secondary N) is 1. The minimum absolute atomic E-state index is 0.0236. The molecule has 1 atom stereocenters. The lowest BCUT2D eigenvalue weighted by Crippen LogP contribution is -2.52. The highest BCUT2D eigenvalue weighted by molar-refractivity contribution is 6.34. The van der Waals surface area contributed by atoms with Gasteiger partial charge in [0.2, 0.25) is 5.91 Å². The van der Waals surface area contributed by atoms with Crippen molar-refractivity contribution >= 4 is 34.8 Å². The molecule has 3 aliphatic heterocycles. The number of rotatable bonds is 4. The third kappa shape index (κ3) is 4.66. The van der Waals surface area contributed by atoms with Crippen LogP contribution in [0.2, 0.25) is 5.02 Å². The average molecular weight is 472 g/mol. The number of halogens is 1. The molecule has 9 heteroatoms. The Kier molecular flexibility index (Phi) is 6.17. The number of ether oxygens (including phenoxy) is 3. The number of benzene rings is 2. The fraction of sp³-hybridized carbons (Fsp3) is 0.417. The Morgan fingerprint density at radius 2 is 1.73 bits per heavy atom. The quantitative estimate of drug-likeness (QED) is 0.736. The maximum absolute atomic E-state index is 13.1. The Morgan fingerprint density at radius 3 is 2.52 bits per heavy atom. The summed E-state index contributed by atoms with van der Waals surface area (Å²) in [4.78, 5) is 29.8. The summed E-state index contributed by atoms with van der Waals surface area (Å²) in [5.74, 6) is 1.43. The van der Waals surface area contributed by atoms with Crippen LogP contribution >= 0.6 is 11.6 Å². The van der Waals surface area contributed by atoms with Gasteiger partial charge in [-0.3, -0.25) is 9.59 Å². The highest BCUT2D eigenvalue weighted by Crippen LogP contribution is 2.38. The van der Waals surface area contributed by atoms with Gasteiger partial charge in [-0.1, -0.05) is 23.7 Å². The van der Waals surface area contributed by atoms with Crippen molar-refractivity contribution in [1.82, 2.24) is 4.90 Å². The molecule has 1 saturated heterocycles. The molecule has 3 heterocycles. The fourth-order valence-corrected chi connectivity index (χ4v) is 4.63. The molecule has 0 saturated carbocycles. The van der Waals surface area contributed by atoms with E-state index in [0.717, 1.165) is 38.0 Å². The van der Waals surface area contributed by atoms with E-state index in [4.69, 9.17) is 25.8 Å². The summed E-state index contributed by atoms with van der Waals surface area (Å²) in [6, 6.07) is 10.8. The summed E-state index contributed by atoms with van der Waals surface area (Å²) in [5.41, 5.74) is 1.23. The van der Waals surface area contributed by atoms with E-state index in [1.807, 2.05) is 34.1 Å². The number of piperidine rings is 1. The fourth-order valence-electron chi connectivity index (χ4n) is 4.43. The molecule has 0 aromatic heterocycles. The van der Waals surface area contributed by atoms with Crippen LogP contribution < -0.4 is 24.4 Å². The third-order valence-corrected chi connectivity index (χ3v) is 6.36. The van der Waals surface area contributed by atoms with E-state index < -0.39 is 6.10 Å². The zero-order chi connectivity index (χ0) is 22.8. The van der Waals surface area contributed by atoms with Crippen molar-refractivity contribution in [3.05, 3.63) is 41.4 Å². The first-order valence-electron chi connectivity index (χ1n) is 11.3. The van der Waals surface area contributed by atoms with Crippen molar-refractivity contribution in [3.63, 3.8) is 0 Å². The van der Waals surface area contributed by atoms with Crippen LogP contribution in [0, 0.1) is 0 Å². The van der Waals surface area contributed by atoms with Gasteiger partial charge < -0.3 is 29.3 Å². The average Bonchev–Trinajstić information content (AvgIpc) is 2.84. The number of para-hydroxylation sites is 2. The lowest BCUT2D eigenvalue weighted by molar-refractivity contribution is -0.139. The van der Waals surface area contributed by atoms with Crippen LogP contribution in [0.15, 0.2) is 36.4 Å². The first-order valence-corrected chi connectivity index (χ1v) is 11.6. The van der Waals surface area contributed by atoms with E-state index in [-0.39, 0.29) is 18.4 Å². The molecular weight excluding hydrogens is 446 g/mol. The second-order valence-electron chi connectivity index (χ2n) is 8.36. The molecule has 2 amide bonds. The number of fused-ring (bicyclic) bond motifs is 2. The summed E-state index contributed by atoms with van der Waals surface area (Å²) in [7, 11) is 0. The van der Waals surface area contributed by atoms with Crippen LogP contribution in [0.25, 0.3) is 0 Å². The lowest BCUT2D eigenvalue weighted by atomic mass is 10.1. The summed E-state index contributed by atoms with van der Waals surface area (Å²) < 4.78 is 17.2. The molecule has 1 fully saturated rings. The number of carbonyl (C=O) groups is 2. The van der Waals surface area contributed by atoms with Crippen molar-refractivity contribution in [1.29, 1.82) is 0 Å². The SMILES string of the molecule is O=C(CN1C[C@H](C(=O)N2CCCCC2)Oc2ccccc21)Nc1cc2c(cc1Cl)OCCO2. The Labute approximate surface area is 197 Å². The molecule has 174 valence electrons. The molecule has 3 aliphatic rings. The van der Waals surface area contributed by atoms with E-state index in [1.54, 1.807) is 12.1 Å². The maximum Gasteiger partial charge on any atom is 0.265 e. The van der Waals surface area contributed by atoms with Gasteiger partial charge in [0.05, 0.1) is 29.5 Å². The van der Waals surface area contributed by atoms with Gasteiger partial charge in [0.1, 0.15) is 19.0 Å². The van der Waals surface area contributed by atoms with Crippen LogP contribution in [0.3, 0.4) is 0 Å². The van der Waals surface area contributed by atoms with Crippen LogP contribution in [0.1, 0.15) is 19.3 Å². The number of amides is 2. The van der Waals surface area contributed by atoms with Crippen LogP contribution in [-0.4, -0.2) is 62.2 Å². The Bertz CT molecular complexity index is 1060. The van der Waals surface area contributed by atoms with Crippen molar-refractivity contribution in [2.24, 2.45) is 0 Å². The van der Waals surface area contributed by atoms with Gasteiger partial charge in [-0.05, 0) is 31.4 Å². The van der Waals surface area contributed by atoms with Crippen molar-refractivity contribution in [3.8, 4) is 17.2 Å². The van der Waals surface area contributed by atoms with Gasteiger partial charge in [0.15, 0.2) is 17.6 Å². The monoisotopic (exact) mass is 471 g/mol. The first kappa shape index (κ1) is 21.7. The minimum Gasteiger partial charge on any atom is -0.486 e. The summed E-state index contributed by atoms with van der Waals surface area (Å²) in [5, 5.41) is 3.23. The Balaban J connectivity index is 1.31. The molecule has 0 spiro atoms. The summed E-state index contributed by atoms with van der Waals surface area (Å²) in [6.45, 7) is 2.76. The molecule has 2 aromatic carbocycles. The number of hydrogen-bond donors (Lipinski definition) is 1. The predicted octanol–water partition coefficient (Wildman–Crippen LogP) is 3.33. The van der Waals surface area contributed by atoms with Gasteiger partial charge in [0.25, 0.3) is 5.91 Å². The zero-order valence-corrected chi connectivity index (χ0v) is 19.0. The molecule has 0 bridgehead atoms. The highest BCUT2D eigenvalue weighted by Gasteiger charge is 2.34. The number of nitrogens with zero attached hydrogens (tertiary/aromatic N) is 2. The van der Waals surface area contributed by atoms with Crippen molar-refractivity contribution < 1.29 is 23.8 Å². The smallest absolute Gasteiger partial charge is 0.265 e. The standard InChI is InChI=1S/C24H26ClN3O5/c25-16-12-20-21(32-11-10-31-20)13-17(16)26-23(29)15-28-14-22(24(30)27-8-4-1-5-9-27)33-19-7-3-2-6-18(19)28/h2-3,6-7,12-13,22H,1,4-5,8-11,14-15H2,(H,26,29)/t22-/m1/s1. The van der Waals surface area contributed by atoms with Gasteiger partial charge in [-0.25, -0.2) is 0 Å². The van der Waals surface area contributed by atoms with Crippen molar-refractivity contribution in [2.75, 3.05) is 49.6 Å². The second-order valence-corrected chi connectivity index (χ2v) is 8.77. The highest BCUT2D eigenvalue weighted by atomic mass is 35.5. The van der Waals surface area contributed by atoms with E-state index in [0.29, 0.717) is 47.7 Å². The van der Waals surface area contributed by atoms with E-state index in [1.165, 1.54) is 0 Å². The van der Waals surface area contributed by atoms with Gasteiger partial charge in [0, 0.05) is 25.2 Å². The molecule has 1 N–H and O–H groups in total. The lowest BCUT2D eigenvalue weighted by Gasteiger charge is -2.38. The van der Waals surface area contributed by atoms with Crippen LogP contribution in [0.4, 0.5) is 11.4 Å². The molecular formula is C24H26ClN3O5. The van der Waals surface area contributed by atoms with E-state index in [9.17, 15) is 9.59 Å². The van der Waals surface area contributed by atoms with E-state index >= 15 is 0 Å². The summed E-state index contributed by atoms with van der Waals surface area (Å²) in [6.07, 6.45) is 2.52. The van der Waals surface area contributed by atoms with E-state index in [2.05, 4.69) is 5.32 Å². The molecule has 0 unspecified atom stereocenters. The molecule has 2 aromatic rings. The largest absolute Gasteiger partial charge is 0.486 e. The van der Waals surface area contributed by atoms with Gasteiger partial charge in [-0.15, -0.1) is 0 Å². The van der Waals surface area contributed by atoms with Gasteiger partial charge in [-0.2, -0.15) is 0 Å². The normalized spacial score (nSPS) is 19.4. The molecule has 0 radical (unpaired) electrons. The second kappa shape index (κ2) is 9.39. The van der Waals surface area contributed by atoms with Crippen molar-refractivity contribution in [2.45, 2.75) is 25.4 Å². The molecule has 0 aliphatic carbocycles. The Morgan fingerprint density at radius 1 is 1.00 bits per heavy atom. The number of carbonyl (C=O) groups excluding carboxylic acids is 2. The topological polar surface area (TPSA) is 80.3 Å². The number of anilines is 2. The van der Waals surface area contributed by atoms with Crippen LogP contribution in [0.5, 0.6) is 17.2 Å². The minimum atomic E-state index is -0.649.